The summed E-state index contributed by atoms with van der Waals surface area (Å²) in [5.41, 5.74) is 3.29. The molecule has 0 fully saturated rings. The third-order valence-electron chi connectivity index (χ3n) is 3.15. The van der Waals surface area contributed by atoms with Gasteiger partial charge in [0.2, 0.25) is 0 Å². The van der Waals surface area contributed by atoms with Gasteiger partial charge in [-0.25, -0.2) is 0 Å². The van der Waals surface area contributed by atoms with Crippen molar-refractivity contribution in [2.24, 2.45) is 0 Å². The fraction of sp³-hybridized carbons (Fsp3) is 0.333. The summed E-state index contributed by atoms with van der Waals surface area (Å²) in [5.74, 6) is 1.52. The Morgan fingerprint density at radius 1 is 1.12 bits per heavy atom. The summed E-state index contributed by atoms with van der Waals surface area (Å²) in [4.78, 5) is 0. The normalized spacial score (nSPS) is 12.7. The topological polar surface area (TPSA) is 33.4 Å². The maximum absolute atomic E-state index is 10.2. The molecule has 1 unspecified atom stereocenters. The van der Waals surface area contributed by atoms with Gasteiger partial charge in [0.15, 0.2) is 0 Å². The zero-order valence-electron chi connectivity index (χ0n) is 10.5. The molecular weight excluding hydrogens is 212 g/mol. The molecule has 0 bridgehead atoms. The van der Waals surface area contributed by atoms with Crippen molar-refractivity contribution in [1.82, 2.24) is 0 Å². The van der Waals surface area contributed by atoms with Gasteiger partial charge in [-0.2, -0.15) is 0 Å². The molecule has 0 aliphatic rings. The highest BCUT2D eigenvalue weighted by atomic mass is 16.4. The van der Waals surface area contributed by atoms with Gasteiger partial charge in [-0.3, -0.25) is 0 Å². The van der Waals surface area contributed by atoms with Crippen molar-refractivity contribution in [2.45, 2.75) is 33.3 Å². The van der Waals surface area contributed by atoms with Crippen molar-refractivity contribution < 1.29 is 9.52 Å². The van der Waals surface area contributed by atoms with Crippen molar-refractivity contribution >= 4 is 0 Å². The van der Waals surface area contributed by atoms with Gasteiger partial charge in [-0.15, -0.1) is 0 Å². The lowest BCUT2D eigenvalue weighted by Gasteiger charge is -2.10. The first-order valence-corrected chi connectivity index (χ1v) is 5.95. The summed E-state index contributed by atoms with van der Waals surface area (Å²) >= 11 is 0. The van der Waals surface area contributed by atoms with Gasteiger partial charge in [-0.1, -0.05) is 25.1 Å². The van der Waals surface area contributed by atoms with Gasteiger partial charge in [0.1, 0.15) is 17.6 Å². The van der Waals surface area contributed by atoms with Crippen LogP contribution in [0.2, 0.25) is 0 Å². The Morgan fingerprint density at radius 2 is 1.88 bits per heavy atom. The Kier molecular flexibility index (Phi) is 3.34. The minimum absolute atomic E-state index is 0.616. The SMILES string of the molecule is CCc1ccc(C(O)c2ccc(C)c(C)c2)o1. The van der Waals surface area contributed by atoms with Crippen molar-refractivity contribution in [1.29, 1.82) is 0 Å². The molecule has 2 heteroatoms. The number of aliphatic hydroxyl groups excluding tert-OH is 1. The van der Waals surface area contributed by atoms with Crippen LogP contribution < -0.4 is 0 Å². The van der Waals surface area contributed by atoms with Crippen LogP contribution in [0.15, 0.2) is 34.7 Å². The van der Waals surface area contributed by atoms with Gasteiger partial charge in [0, 0.05) is 6.42 Å². The molecule has 2 nitrogen and oxygen atoms in total. The van der Waals surface area contributed by atoms with E-state index in [0.29, 0.717) is 5.76 Å². The first-order chi connectivity index (χ1) is 8.11. The van der Waals surface area contributed by atoms with Crippen LogP contribution in [0.25, 0.3) is 0 Å². The summed E-state index contributed by atoms with van der Waals surface area (Å²) < 4.78 is 5.57. The summed E-state index contributed by atoms with van der Waals surface area (Å²) in [6.07, 6.45) is 0.175. The second-order valence-electron chi connectivity index (χ2n) is 4.40. The van der Waals surface area contributed by atoms with E-state index in [-0.39, 0.29) is 0 Å². The third kappa shape index (κ3) is 2.42. The molecule has 2 aromatic rings. The zero-order valence-corrected chi connectivity index (χ0v) is 10.5. The van der Waals surface area contributed by atoms with Crippen LogP contribution in [0.4, 0.5) is 0 Å². The first-order valence-electron chi connectivity index (χ1n) is 5.95. The predicted molar refractivity (Wildman–Crippen MR) is 68.1 cm³/mol. The Morgan fingerprint density at radius 3 is 2.47 bits per heavy atom. The van der Waals surface area contributed by atoms with E-state index in [0.717, 1.165) is 17.7 Å². The van der Waals surface area contributed by atoms with E-state index in [1.807, 2.05) is 44.2 Å². The minimum atomic E-state index is -0.672. The Balaban J connectivity index is 2.29. The number of rotatable bonds is 3. The molecule has 1 heterocycles. The molecular formula is C15H18O2. The smallest absolute Gasteiger partial charge is 0.137 e. The summed E-state index contributed by atoms with van der Waals surface area (Å²) in [5, 5.41) is 10.2. The van der Waals surface area contributed by atoms with Crippen LogP contribution in [0.3, 0.4) is 0 Å². The van der Waals surface area contributed by atoms with E-state index >= 15 is 0 Å². The molecule has 1 atom stereocenters. The van der Waals surface area contributed by atoms with Crippen LogP contribution >= 0.6 is 0 Å². The van der Waals surface area contributed by atoms with E-state index in [9.17, 15) is 5.11 Å². The quantitative estimate of drug-likeness (QED) is 0.874. The molecule has 90 valence electrons. The maximum atomic E-state index is 10.2. The summed E-state index contributed by atoms with van der Waals surface area (Å²) in [7, 11) is 0. The number of benzene rings is 1. The van der Waals surface area contributed by atoms with E-state index < -0.39 is 6.10 Å². The van der Waals surface area contributed by atoms with Crippen LogP contribution in [0.5, 0.6) is 0 Å². The van der Waals surface area contributed by atoms with Crippen molar-refractivity contribution in [3.05, 3.63) is 58.5 Å². The molecule has 1 aromatic heterocycles. The highest BCUT2D eigenvalue weighted by Crippen LogP contribution is 2.25. The molecule has 0 saturated carbocycles. The first kappa shape index (κ1) is 11.9. The van der Waals surface area contributed by atoms with Crippen molar-refractivity contribution in [3.8, 4) is 0 Å². The van der Waals surface area contributed by atoms with Crippen molar-refractivity contribution in [3.63, 3.8) is 0 Å². The average Bonchev–Trinajstić information content (AvgIpc) is 2.80. The second-order valence-corrected chi connectivity index (χ2v) is 4.40. The van der Waals surface area contributed by atoms with E-state index in [2.05, 4.69) is 6.92 Å². The number of hydrogen-bond donors (Lipinski definition) is 1. The number of furan rings is 1. The van der Waals surface area contributed by atoms with Gasteiger partial charge in [0.05, 0.1) is 0 Å². The molecule has 0 spiro atoms. The van der Waals surface area contributed by atoms with E-state index in [1.54, 1.807) is 0 Å². The molecule has 0 amide bonds. The van der Waals surface area contributed by atoms with Crippen LogP contribution in [-0.2, 0) is 6.42 Å². The van der Waals surface area contributed by atoms with Gasteiger partial charge in [0.25, 0.3) is 0 Å². The number of aliphatic hydroxyl groups is 1. The fourth-order valence-corrected chi connectivity index (χ4v) is 1.83. The van der Waals surface area contributed by atoms with Gasteiger partial charge in [-0.05, 0) is 42.7 Å². The Hall–Kier alpha value is -1.54. The lowest BCUT2D eigenvalue weighted by atomic mass is 10.0. The molecule has 0 aliphatic heterocycles. The Labute approximate surface area is 102 Å². The molecule has 0 saturated heterocycles. The molecule has 1 aromatic carbocycles. The summed E-state index contributed by atoms with van der Waals surface area (Å²) in [6.45, 7) is 6.14. The minimum Gasteiger partial charge on any atom is -0.463 e. The standard InChI is InChI=1S/C15H18O2/c1-4-13-7-8-14(17-13)15(16)12-6-5-10(2)11(3)9-12/h5-9,15-16H,4H2,1-3H3. The zero-order chi connectivity index (χ0) is 12.4. The monoisotopic (exact) mass is 230 g/mol. The number of hydrogen-bond acceptors (Lipinski definition) is 2. The second kappa shape index (κ2) is 4.76. The van der Waals surface area contributed by atoms with Gasteiger partial charge < -0.3 is 9.52 Å². The lowest BCUT2D eigenvalue weighted by Crippen LogP contribution is -1.99. The van der Waals surface area contributed by atoms with Crippen LogP contribution in [0.1, 0.15) is 41.2 Å². The number of aryl methyl sites for hydroxylation is 3. The fourth-order valence-electron chi connectivity index (χ4n) is 1.83. The third-order valence-corrected chi connectivity index (χ3v) is 3.15. The Bertz CT molecular complexity index is 511. The molecule has 0 radical (unpaired) electrons. The maximum Gasteiger partial charge on any atom is 0.137 e. The largest absolute Gasteiger partial charge is 0.463 e. The molecule has 1 N–H and O–H groups in total. The highest BCUT2D eigenvalue weighted by Gasteiger charge is 2.14. The molecule has 17 heavy (non-hydrogen) atoms. The summed E-state index contributed by atoms with van der Waals surface area (Å²) in [6, 6.07) is 9.74. The molecule has 2 rings (SSSR count). The molecule has 0 aliphatic carbocycles. The lowest BCUT2D eigenvalue weighted by molar-refractivity contribution is 0.187. The van der Waals surface area contributed by atoms with Crippen molar-refractivity contribution in [2.75, 3.05) is 0 Å². The highest BCUT2D eigenvalue weighted by molar-refractivity contribution is 5.33. The van der Waals surface area contributed by atoms with Crippen LogP contribution in [0, 0.1) is 13.8 Å². The van der Waals surface area contributed by atoms with E-state index in [1.165, 1.54) is 11.1 Å². The van der Waals surface area contributed by atoms with E-state index in [4.69, 9.17) is 4.42 Å². The van der Waals surface area contributed by atoms with Crippen LogP contribution in [-0.4, -0.2) is 5.11 Å². The average molecular weight is 230 g/mol. The predicted octanol–water partition coefficient (Wildman–Crippen LogP) is 3.54. The van der Waals surface area contributed by atoms with Gasteiger partial charge >= 0.3 is 0 Å².